The van der Waals surface area contributed by atoms with Gasteiger partial charge in [-0.15, -0.1) is 0 Å². The van der Waals surface area contributed by atoms with Crippen LogP contribution in [0.1, 0.15) is 13.8 Å². The van der Waals surface area contributed by atoms with Crippen molar-refractivity contribution in [3.63, 3.8) is 0 Å². The van der Waals surface area contributed by atoms with Crippen LogP contribution in [0.4, 0.5) is 0 Å². The molecular weight excluding hydrogens is 260 g/mol. The van der Waals surface area contributed by atoms with Crippen molar-refractivity contribution in [3.8, 4) is 0 Å². The van der Waals surface area contributed by atoms with Crippen LogP contribution in [0.15, 0.2) is 0 Å². The van der Waals surface area contributed by atoms with E-state index in [0.29, 0.717) is 17.4 Å². The Morgan fingerprint density at radius 3 is 1.12 bits per heavy atom. The molecule has 0 rings (SSSR count). The Morgan fingerprint density at radius 2 is 1.12 bits per heavy atom. The summed E-state index contributed by atoms with van der Waals surface area (Å²) in [5.41, 5.74) is 0. The Labute approximate surface area is 96.6 Å². The van der Waals surface area contributed by atoms with Gasteiger partial charge in [-0.3, -0.25) is 9.11 Å². The first-order valence-electron chi connectivity index (χ1n) is 4.34. The summed E-state index contributed by atoms with van der Waals surface area (Å²) in [6.45, 7) is 3.96. The van der Waals surface area contributed by atoms with Gasteiger partial charge in [0.2, 0.25) is 0 Å². The highest BCUT2D eigenvalue weighted by Gasteiger charge is 2.12. The molecular formula is C6H18N2O6S2. The lowest BCUT2D eigenvalue weighted by Gasteiger charge is -2.11. The fourth-order valence-corrected chi connectivity index (χ4v) is 1.20. The summed E-state index contributed by atoms with van der Waals surface area (Å²) in [4.78, 5) is 0. The standard InChI is InChI=1S/C4H11NO3S.C2H7NO3S/c1-3-5(4-2)9(6,7)8;1-3(2)7(4,5)6/h3-4H2,1-2H3,(H,6,7,8);1-2H3,(H,4,5,6). The SMILES string of the molecule is CCN(CC)S(=O)(=O)O.CN(C)S(=O)(=O)O. The molecule has 0 amide bonds. The zero-order valence-corrected chi connectivity index (χ0v) is 11.3. The molecule has 0 fully saturated rings. The van der Waals surface area contributed by atoms with Crippen molar-refractivity contribution in [2.75, 3.05) is 27.2 Å². The van der Waals surface area contributed by atoms with E-state index in [1.165, 1.54) is 14.1 Å². The first kappa shape index (κ1) is 18.1. The van der Waals surface area contributed by atoms with E-state index in [1.54, 1.807) is 13.8 Å². The Hall–Kier alpha value is -0.260. The normalized spacial score (nSPS) is 12.5. The molecule has 0 aromatic heterocycles. The van der Waals surface area contributed by atoms with Crippen LogP contribution in [0.5, 0.6) is 0 Å². The summed E-state index contributed by atoms with van der Waals surface area (Å²) in [5, 5.41) is 0. The minimum Gasteiger partial charge on any atom is -0.273 e. The van der Waals surface area contributed by atoms with E-state index in [-0.39, 0.29) is 0 Å². The lowest BCUT2D eigenvalue weighted by atomic mass is 10.7. The zero-order valence-electron chi connectivity index (χ0n) is 9.65. The third-order valence-corrected chi connectivity index (χ3v) is 3.59. The second kappa shape index (κ2) is 7.14. The molecule has 10 heteroatoms. The van der Waals surface area contributed by atoms with Gasteiger partial charge in [-0.1, -0.05) is 13.8 Å². The van der Waals surface area contributed by atoms with E-state index in [1.807, 2.05) is 0 Å². The smallest absolute Gasteiger partial charge is 0.273 e. The molecule has 0 aliphatic heterocycles. The van der Waals surface area contributed by atoms with Crippen LogP contribution in [-0.2, 0) is 20.6 Å². The van der Waals surface area contributed by atoms with Crippen molar-refractivity contribution in [3.05, 3.63) is 0 Å². The topological polar surface area (TPSA) is 115 Å². The summed E-state index contributed by atoms with van der Waals surface area (Å²) in [6, 6.07) is 0. The molecule has 2 N–H and O–H groups in total. The second-order valence-electron chi connectivity index (χ2n) is 2.82. The fourth-order valence-electron chi connectivity index (χ4n) is 0.550. The number of hydrogen-bond donors (Lipinski definition) is 2. The van der Waals surface area contributed by atoms with Crippen LogP contribution in [-0.4, -0.2) is 61.7 Å². The van der Waals surface area contributed by atoms with Crippen LogP contribution < -0.4 is 0 Å². The highest BCUT2D eigenvalue weighted by Crippen LogP contribution is 1.93. The van der Waals surface area contributed by atoms with Crippen molar-refractivity contribution >= 4 is 20.6 Å². The molecule has 100 valence electrons. The summed E-state index contributed by atoms with van der Waals surface area (Å²) < 4.78 is 58.2. The molecule has 0 unspecified atom stereocenters. The summed E-state index contributed by atoms with van der Waals surface area (Å²) in [5.74, 6) is 0. The van der Waals surface area contributed by atoms with Crippen LogP contribution in [0, 0.1) is 0 Å². The zero-order chi connectivity index (χ0) is 13.6. The lowest BCUT2D eigenvalue weighted by molar-refractivity contribution is 0.371. The van der Waals surface area contributed by atoms with Gasteiger partial charge in [0.05, 0.1) is 0 Å². The van der Waals surface area contributed by atoms with Gasteiger partial charge in [-0.25, -0.2) is 0 Å². The summed E-state index contributed by atoms with van der Waals surface area (Å²) >= 11 is 0. The molecule has 8 nitrogen and oxygen atoms in total. The van der Waals surface area contributed by atoms with E-state index < -0.39 is 20.6 Å². The first-order valence-corrected chi connectivity index (χ1v) is 7.13. The highest BCUT2D eigenvalue weighted by molar-refractivity contribution is 7.83. The monoisotopic (exact) mass is 278 g/mol. The van der Waals surface area contributed by atoms with E-state index >= 15 is 0 Å². The average Bonchev–Trinajstić information content (AvgIpc) is 2.02. The maximum absolute atomic E-state index is 10.3. The van der Waals surface area contributed by atoms with E-state index in [9.17, 15) is 16.8 Å². The van der Waals surface area contributed by atoms with E-state index in [2.05, 4.69) is 0 Å². The molecule has 0 atom stereocenters. The Morgan fingerprint density at radius 1 is 0.875 bits per heavy atom. The predicted molar refractivity (Wildman–Crippen MR) is 59.7 cm³/mol. The molecule has 0 aromatic carbocycles. The highest BCUT2D eigenvalue weighted by atomic mass is 32.2. The van der Waals surface area contributed by atoms with Gasteiger partial charge in [-0.2, -0.15) is 25.4 Å². The quantitative estimate of drug-likeness (QED) is 0.669. The average molecular weight is 278 g/mol. The van der Waals surface area contributed by atoms with Crippen molar-refractivity contribution in [2.24, 2.45) is 0 Å². The van der Waals surface area contributed by atoms with Crippen molar-refractivity contribution in [1.82, 2.24) is 8.61 Å². The Kier molecular flexibility index (Phi) is 8.09. The molecule has 0 heterocycles. The third-order valence-electron chi connectivity index (χ3n) is 1.49. The summed E-state index contributed by atoms with van der Waals surface area (Å²) in [7, 11) is -5.35. The molecule has 0 saturated carbocycles. The maximum Gasteiger partial charge on any atom is 0.335 e. The van der Waals surface area contributed by atoms with Crippen LogP contribution >= 0.6 is 0 Å². The number of rotatable bonds is 4. The van der Waals surface area contributed by atoms with E-state index in [0.717, 1.165) is 4.31 Å². The van der Waals surface area contributed by atoms with Gasteiger partial charge in [0.15, 0.2) is 0 Å². The minimum absolute atomic E-state index is 0.315. The fraction of sp³-hybridized carbons (Fsp3) is 1.00. The summed E-state index contributed by atoms with van der Waals surface area (Å²) in [6.07, 6.45) is 0. The molecule has 0 bridgehead atoms. The molecule has 0 spiro atoms. The van der Waals surface area contributed by atoms with Gasteiger partial charge >= 0.3 is 20.6 Å². The first-order chi connectivity index (χ1) is 6.96. The van der Waals surface area contributed by atoms with Crippen LogP contribution in [0.25, 0.3) is 0 Å². The minimum atomic E-state index is -3.93. The maximum atomic E-state index is 10.3. The van der Waals surface area contributed by atoms with Crippen LogP contribution in [0.3, 0.4) is 0 Å². The lowest BCUT2D eigenvalue weighted by Crippen LogP contribution is -2.29. The molecule has 16 heavy (non-hydrogen) atoms. The Balaban J connectivity index is 0. The van der Waals surface area contributed by atoms with Crippen molar-refractivity contribution < 1.29 is 25.9 Å². The largest absolute Gasteiger partial charge is 0.335 e. The van der Waals surface area contributed by atoms with Crippen molar-refractivity contribution in [1.29, 1.82) is 0 Å². The molecule has 0 aromatic rings. The Bertz CT molecular complexity index is 370. The van der Waals surface area contributed by atoms with Gasteiger partial charge in [0.25, 0.3) is 0 Å². The van der Waals surface area contributed by atoms with Crippen LogP contribution in [0.2, 0.25) is 0 Å². The number of nitrogens with zero attached hydrogens (tertiary/aromatic N) is 2. The molecule has 0 radical (unpaired) electrons. The van der Waals surface area contributed by atoms with Gasteiger partial charge in [-0.05, 0) is 0 Å². The van der Waals surface area contributed by atoms with E-state index in [4.69, 9.17) is 9.11 Å². The van der Waals surface area contributed by atoms with Gasteiger partial charge in [0, 0.05) is 27.2 Å². The second-order valence-corrected chi connectivity index (χ2v) is 5.86. The molecule has 0 aliphatic carbocycles. The van der Waals surface area contributed by atoms with Gasteiger partial charge in [0.1, 0.15) is 0 Å². The number of hydrogen-bond acceptors (Lipinski definition) is 4. The molecule has 0 aliphatic rings. The molecule has 0 saturated heterocycles. The third kappa shape index (κ3) is 9.00. The van der Waals surface area contributed by atoms with Crippen molar-refractivity contribution in [2.45, 2.75) is 13.8 Å². The predicted octanol–water partition coefficient (Wildman–Crippen LogP) is -0.518. The van der Waals surface area contributed by atoms with Gasteiger partial charge < -0.3 is 0 Å².